The highest BCUT2D eigenvalue weighted by Gasteiger charge is 2.29. The number of hydrogen-bond donors (Lipinski definition) is 2. The number of nitrogens with zero attached hydrogens (tertiary/aromatic N) is 3. The second-order valence-electron chi connectivity index (χ2n) is 6.71. The third kappa shape index (κ3) is 4.09. The maximum Gasteiger partial charge on any atom is 0.284 e. The zero-order valence-corrected chi connectivity index (χ0v) is 16.2. The van der Waals surface area contributed by atoms with Crippen LogP contribution in [0.25, 0.3) is 16.9 Å². The van der Waals surface area contributed by atoms with Gasteiger partial charge in [-0.25, -0.2) is 4.39 Å². The lowest BCUT2D eigenvalue weighted by Gasteiger charge is -2.15. The van der Waals surface area contributed by atoms with Gasteiger partial charge in [-0.2, -0.15) is 9.78 Å². The number of amides is 1. The molecular weight excluding hydrogens is 415 g/mol. The van der Waals surface area contributed by atoms with E-state index in [1.54, 1.807) is 24.3 Å². The molecule has 1 amide bonds. The van der Waals surface area contributed by atoms with Crippen LogP contribution in [0.5, 0.6) is 0 Å². The monoisotopic (exact) mass is 430 g/mol. The highest BCUT2D eigenvalue weighted by atomic mass is 35.5. The molecule has 0 radical (unpaired) electrons. The summed E-state index contributed by atoms with van der Waals surface area (Å²) >= 11 is 5.93. The first-order valence-corrected chi connectivity index (χ1v) is 9.38. The average Bonchev–Trinajstić information content (AvgIpc) is 3.13. The third-order valence-electron chi connectivity index (χ3n) is 4.60. The summed E-state index contributed by atoms with van der Waals surface area (Å²) in [6.45, 7) is 0.223. The molecule has 10 heteroatoms. The fourth-order valence-electron chi connectivity index (χ4n) is 3.04. The summed E-state index contributed by atoms with van der Waals surface area (Å²) < 4.78 is 19.7. The molecule has 2 N–H and O–H groups in total. The van der Waals surface area contributed by atoms with Crippen LogP contribution >= 0.6 is 11.6 Å². The van der Waals surface area contributed by atoms with Crippen molar-refractivity contribution in [2.45, 2.75) is 12.1 Å². The van der Waals surface area contributed by atoms with Crippen molar-refractivity contribution in [3.63, 3.8) is 0 Å². The maximum atomic E-state index is 13.7. The van der Waals surface area contributed by atoms with E-state index in [0.29, 0.717) is 16.3 Å². The molecule has 2 aromatic heterocycles. The fraction of sp³-hybridized carbons (Fsp3) is 0.200. The van der Waals surface area contributed by atoms with Gasteiger partial charge >= 0.3 is 0 Å². The molecule has 0 spiro atoms. The molecule has 8 nitrogen and oxygen atoms in total. The Labute approximate surface area is 174 Å². The predicted molar refractivity (Wildman–Crippen MR) is 106 cm³/mol. The van der Waals surface area contributed by atoms with Gasteiger partial charge < -0.3 is 15.2 Å². The van der Waals surface area contributed by atoms with Gasteiger partial charge in [0.05, 0.1) is 49.1 Å². The van der Waals surface area contributed by atoms with Crippen LogP contribution in [0.3, 0.4) is 0 Å². The van der Waals surface area contributed by atoms with Crippen LogP contribution in [0.4, 0.5) is 4.39 Å². The molecule has 30 heavy (non-hydrogen) atoms. The van der Waals surface area contributed by atoms with Crippen molar-refractivity contribution in [1.82, 2.24) is 20.1 Å². The van der Waals surface area contributed by atoms with Gasteiger partial charge in [-0.05, 0) is 18.2 Å². The van der Waals surface area contributed by atoms with Gasteiger partial charge in [0.2, 0.25) is 0 Å². The lowest BCUT2D eigenvalue weighted by molar-refractivity contribution is 0.0884. The number of aliphatic hydroxyl groups is 1. The first-order chi connectivity index (χ1) is 14.4. The van der Waals surface area contributed by atoms with Crippen molar-refractivity contribution in [1.29, 1.82) is 0 Å². The number of carbonyl (C=O) groups excluding carboxylic acids is 1. The van der Waals surface area contributed by atoms with Gasteiger partial charge in [-0.15, -0.1) is 0 Å². The van der Waals surface area contributed by atoms with Crippen LogP contribution in [0, 0.1) is 5.82 Å². The normalized spacial score (nSPS) is 18.4. The SMILES string of the molecule is O=C(N[C@H]1COCC1O)c1cc(-c2ccc(Cl)cc2)nn(-c2cncc(F)c2)c1=O. The number of rotatable bonds is 4. The van der Waals surface area contributed by atoms with E-state index in [1.807, 2.05) is 0 Å². The Bertz CT molecular complexity index is 1150. The summed E-state index contributed by atoms with van der Waals surface area (Å²) in [6, 6.07) is 8.43. The number of benzene rings is 1. The van der Waals surface area contributed by atoms with Gasteiger partial charge in [0, 0.05) is 16.7 Å². The predicted octanol–water partition coefficient (Wildman–Crippen LogP) is 1.58. The highest BCUT2D eigenvalue weighted by molar-refractivity contribution is 6.30. The first kappa shape index (κ1) is 20.1. The van der Waals surface area contributed by atoms with Crippen molar-refractivity contribution >= 4 is 17.5 Å². The lowest BCUT2D eigenvalue weighted by Crippen LogP contribution is -2.44. The van der Waals surface area contributed by atoms with E-state index in [0.717, 1.165) is 16.9 Å². The van der Waals surface area contributed by atoms with Gasteiger partial charge in [0.25, 0.3) is 11.5 Å². The fourth-order valence-corrected chi connectivity index (χ4v) is 3.16. The number of halogens is 2. The minimum atomic E-state index is -0.874. The molecule has 1 unspecified atom stereocenters. The van der Waals surface area contributed by atoms with E-state index in [-0.39, 0.29) is 24.5 Å². The molecule has 1 aromatic carbocycles. The summed E-state index contributed by atoms with van der Waals surface area (Å²) in [6.07, 6.45) is 1.38. The number of ether oxygens (including phenoxy) is 1. The van der Waals surface area contributed by atoms with Crippen LogP contribution in [0.2, 0.25) is 5.02 Å². The van der Waals surface area contributed by atoms with Gasteiger partial charge in [-0.3, -0.25) is 14.6 Å². The average molecular weight is 431 g/mol. The highest BCUT2D eigenvalue weighted by Crippen LogP contribution is 2.20. The van der Waals surface area contributed by atoms with Gasteiger partial charge in [-0.1, -0.05) is 23.7 Å². The van der Waals surface area contributed by atoms with E-state index < -0.39 is 29.4 Å². The molecule has 1 aliphatic heterocycles. The molecule has 0 aliphatic carbocycles. The minimum absolute atomic E-state index is 0.0640. The zero-order valence-electron chi connectivity index (χ0n) is 15.5. The molecule has 0 bridgehead atoms. The van der Waals surface area contributed by atoms with Gasteiger partial charge in [0.15, 0.2) is 0 Å². The van der Waals surface area contributed by atoms with E-state index in [9.17, 15) is 19.1 Å². The van der Waals surface area contributed by atoms with Crippen molar-refractivity contribution in [3.05, 3.63) is 75.5 Å². The minimum Gasteiger partial charge on any atom is -0.388 e. The van der Waals surface area contributed by atoms with Crippen LogP contribution < -0.4 is 10.9 Å². The van der Waals surface area contributed by atoms with Crippen LogP contribution in [-0.4, -0.2) is 51.1 Å². The maximum absolute atomic E-state index is 13.7. The van der Waals surface area contributed by atoms with Crippen molar-refractivity contribution < 1.29 is 19.0 Å². The molecule has 0 saturated carbocycles. The summed E-state index contributed by atoms with van der Waals surface area (Å²) in [5.74, 6) is -1.36. The van der Waals surface area contributed by atoms with E-state index in [4.69, 9.17) is 16.3 Å². The number of carbonyl (C=O) groups is 1. The van der Waals surface area contributed by atoms with E-state index in [1.165, 1.54) is 12.3 Å². The molecule has 1 aliphatic rings. The topological polar surface area (TPSA) is 106 Å². The van der Waals surface area contributed by atoms with Crippen molar-refractivity contribution in [2.75, 3.05) is 13.2 Å². The molecule has 4 rings (SSSR count). The Kier molecular flexibility index (Phi) is 5.58. The lowest BCUT2D eigenvalue weighted by atomic mass is 10.1. The molecule has 2 atom stereocenters. The van der Waals surface area contributed by atoms with E-state index >= 15 is 0 Å². The zero-order chi connectivity index (χ0) is 21.3. The number of hydrogen-bond acceptors (Lipinski definition) is 6. The Morgan fingerprint density at radius 3 is 2.67 bits per heavy atom. The van der Waals surface area contributed by atoms with Crippen LogP contribution in [-0.2, 0) is 4.74 Å². The Morgan fingerprint density at radius 2 is 2.00 bits per heavy atom. The van der Waals surface area contributed by atoms with Gasteiger partial charge in [0.1, 0.15) is 11.4 Å². The van der Waals surface area contributed by atoms with Crippen LogP contribution in [0.15, 0.2) is 53.6 Å². The Balaban J connectivity index is 1.82. The number of aliphatic hydroxyl groups excluding tert-OH is 1. The molecule has 1 fully saturated rings. The summed E-state index contributed by atoms with van der Waals surface area (Å²) in [4.78, 5) is 29.6. The number of nitrogens with one attached hydrogen (secondary N) is 1. The standard InChI is InChI=1S/C20H16ClFN4O4/c21-12-3-1-11(2-4-12)16-6-15(19(28)24-17-9-30-10-18(17)27)20(29)26(25-16)14-5-13(22)7-23-8-14/h1-8,17-18,27H,9-10H2,(H,24,28)/t17-,18?/m0/s1. The summed E-state index contributed by atoms with van der Waals surface area (Å²) in [7, 11) is 0. The van der Waals surface area contributed by atoms with E-state index in [2.05, 4.69) is 15.4 Å². The van der Waals surface area contributed by atoms with Crippen molar-refractivity contribution in [2.24, 2.45) is 0 Å². The molecule has 3 heterocycles. The summed E-state index contributed by atoms with van der Waals surface area (Å²) in [5, 5.41) is 17.3. The van der Waals surface area contributed by atoms with Crippen LogP contribution in [0.1, 0.15) is 10.4 Å². The first-order valence-electron chi connectivity index (χ1n) is 9.00. The smallest absolute Gasteiger partial charge is 0.284 e. The quantitative estimate of drug-likeness (QED) is 0.651. The molecular formula is C20H16ClFN4O4. The molecule has 154 valence electrons. The summed E-state index contributed by atoms with van der Waals surface area (Å²) in [5.41, 5.74) is -0.0295. The number of aromatic nitrogens is 3. The largest absolute Gasteiger partial charge is 0.388 e. The molecule has 3 aromatic rings. The van der Waals surface area contributed by atoms with Crippen molar-refractivity contribution in [3.8, 4) is 16.9 Å². The number of pyridine rings is 1. The molecule has 1 saturated heterocycles. The third-order valence-corrected chi connectivity index (χ3v) is 4.85. The Hall–Kier alpha value is -3.14. The Morgan fingerprint density at radius 1 is 1.23 bits per heavy atom. The second-order valence-corrected chi connectivity index (χ2v) is 7.15. The second kappa shape index (κ2) is 8.31.